The highest BCUT2D eigenvalue weighted by atomic mass is 16.5. The monoisotopic (exact) mass is 272 g/mol. The summed E-state index contributed by atoms with van der Waals surface area (Å²) in [5.41, 5.74) is 5.27. The Balaban J connectivity index is 2.20. The van der Waals surface area contributed by atoms with Crippen molar-refractivity contribution in [3.8, 4) is 0 Å². The number of amides is 1. The van der Waals surface area contributed by atoms with Crippen LogP contribution >= 0.6 is 0 Å². The maximum absolute atomic E-state index is 12.2. The van der Waals surface area contributed by atoms with Gasteiger partial charge in [-0.15, -0.1) is 0 Å². The molecule has 110 valence electrons. The number of nitrogens with one attached hydrogen (secondary N) is 1. The zero-order valence-electron chi connectivity index (χ0n) is 11.3. The van der Waals surface area contributed by atoms with E-state index in [4.69, 9.17) is 15.6 Å². The van der Waals surface area contributed by atoms with Gasteiger partial charge in [-0.1, -0.05) is 6.42 Å². The first-order valence-corrected chi connectivity index (χ1v) is 6.89. The lowest BCUT2D eigenvalue weighted by atomic mass is 9.79. The molecule has 1 saturated heterocycles. The van der Waals surface area contributed by atoms with Gasteiger partial charge in [0, 0.05) is 32.7 Å². The largest absolute Gasteiger partial charge is 0.481 e. The summed E-state index contributed by atoms with van der Waals surface area (Å²) < 4.78 is 5.27. The molecule has 0 saturated carbocycles. The number of aliphatic carboxylic acids is 1. The van der Waals surface area contributed by atoms with Crippen LogP contribution in [0.25, 0.3) is 0 Å². The molecule has 0 unspecified atom stereocenters. The number of carboxylic acids is 1. The summed E-state index contributed by atoms with van der Waals surface area (Å²) in [6.45, 7) is 2.11. The molecule has 0 atom stereocenters. The van der Waals surface area contributed by atoms with E-state index in [0.717, 1.165) is 12.8 Å². The first kappa shape index (κ1) is 15.9. The van der Waals surface area contributed by atoms with Gasteiger partial charge in [0.25, 0.3) is 0 Å². The number of ether oxygens (including phenoxy) is 1. The van der Waals surface area contributed by atoms with Crippen LogP contribution in [-0.4, -0.2) is 43.3 Å². The quantitative estimate of drug-likeness (QED) is 0.559. The fraction of sp³-hybridized carbons (Fsp3) is 0.846. The van der Waals surface area contributed by atoms with Crippen molar-refractivity contribution in [3.05, 3.63) is 0 Å². The van der Waals surface area contributed by atoms with E-state index in [-0.39, 0.29) is 12.3 Å². The van der Waals surface area contributed by atoms with Gasteiger partial charge in [0.1, 0.15) is 0 Å². The highest BCUT2D eigenvalue weighted by Crippen LogP contribution is 2.29. The van der Waals surface area contributed by atoms with Crippen molar-refractivity contribution in [1.82, 2.24) is 5.32 Å². The van der Waals surface area contributed by atoms with Crippen molar-refractivity contribution in [3.63, 3.8) is 0 Å². The van der Waals surface area contributed by atoms with Crippen molar-refractivity contribution >= 4 is 11.9 Å². The molecule has 6 heteroatoms. The minimum Gasteiger partial charge on any atom is -0.481 e. The maximum atomic E-state index is 12.2. The van der Waals surface area contributed by atoms with Crippen molar-refractivity contribution in [2.75, 3.05) is 26.3 Å². The fourth-order valence-electron chi connectivity index (χ4n) is 2.25. The van der Waals surface area contributed by atoms with Crippen molar-refractivity contribution < 1.29 is 19.4 Å². The summed E-state index contributed by atoms with van der Waals surface area (Å²) in [6.07, 6.45) is 3.81. The SMILES string of the molecule is NCC1(C(=O)NCCCCCC(=O)O)CCOCC1. The number of carbonyl (C=O) groups is 2. The molecule has 1 heterocycles. The van der Waals surface area contributed by atoms with Gasteiger partial charge in [-0.05, 0) is 25.7 Å². The van der Waals surface area contributed by atoms with E-state index in [0.29, 0.717) is 45.6 Å². The number of unbranched alkanes of at least 4 members (excludes halogenated alkanes) is 2. The molecule has 1 rings (SSSR count). The summed E-state index contributed by atoms with van der Waals surface area (Å²) >= 11 is 0. The molecule has 6 nitrogen and oxygen atoms in total. The standard InChI is InChI=1S/C13H24N2O4/c14-10-13(5-8-19-9-6-13)12(18)15-7-3-1-2-4-11(16)17/h1-10,14H2,(H,15,18)(H,16,17). The van der Waals surface area contributed by atoms with E-state index in [1.54, 1.807) is 0 Å². The molecular formula is C13H24N2O4. The second-order valence-electron chi connectivity index (χ2n) is 5.06. The van der Waals surface area contributed by atoms with Gasteiger partial charge in [0.15, 0.2) is 0 Å². The van der Waals surface area contributed by atoms with E-state index in [1.807, 2.05) is 0 Å². The fourth-order valence-corrected chi connectivity index (χ4v) is 2.25. The molecule has 4 N–H and O–H groups in total. The van der Waals surface area contributed by atoms with Crippen molar-refractivity contribution in [2.24, 2.45) is 11.1 Å². The van der Waals surface area contributed by atoms with Crippen molar-refractivity contribution in [2.45, 2.75) is 38.5 Å². The van der Waals surface area contributed by atoms with Gasteiger partial charge in [0.2, 0.25) is 5.91 Å². The van der Waals surface area contributed by atoms with Crippen LogP contribution in [0, 0.1) is 5.41 Å². The molecular weight excluding hydrogens is 248 g/mol. The van der Waals surface area contributed by atoms with E-state index in [9.17, 15) is 9.59 Å². The zero-order valence-corrected chi connectivity index (χ0v) is 11.3. The van der Waals surface area contributed by atoms with E-state index in [1.165, 1.54) is 0 Å². The van der Waals surface area contributed by atoms with Gasteiger partial charge in [-0.2, -0.15) is 0 Å². The Morgan fingerprint density at radius 1 is 1.21 bits per heavy atom. The average Bonchev–Trinajstić information content (AvgIpc) is 2.42. The average molecular weight is 272 g/mol. The van der Waals surface area contributed by atoms with Gasteiger partial charge >= 0.3 is 5.97 Å². The van der Waals surface area contributed by atoms with Crippen molar-refractivity contribution in [1.29, 1.82) is 0 Å². The van der Waals surface area contributed by atoms with Gasteiger partial charge < -0.3 is 20.9 Å². The molecule has 0 bridgehead atoms. The summed E-state index contributed by atoms with van der Waals surface area (Å²) in [5, 5.41) is 11.4. The highest BCUT2D eigenvalue weighted by molar-refractivity contribution is 5.83. The smallest absolute Gasteiger partial charge is 0.303 e. The lowest BCUT2D eigenvalue weighted by Crippen LogP contribution is -2.49. The third-order valence-electron chi connectivity index (χ3n) is 3.68. The molecule has 0 aromatic rings. The minimum atomic E-state index is -0.770. The molecule has 0 aromatic carbocycles. The summed E-state index contributed by atoms with van der Waals surface area (Å²) in [7, 11) is 0. The molecule has 0 aromatic heterocycles. The first-order valence-electron chi connectivity index (χ1n) is 6.89. The van der Waals surface area contributed by atoms with Crippen LogP contribution in [0.3, 0.4) is 0 Å². The van der Waals surface area contributed by atoms with E-state index >= 15 is 0 Å². The molecule has 1 aliphatic rings. The number of hydrogen-bond donors (Lipinski definition) is 3. The Hall–Kier alpha value is -1.14. The second kappa shape index (κ2) is 8.12. The number of hydrogen-bond acceptors (Lipinski definition) is 4. The zero-order chi connectivity index (χ0) is 14.1. The maximum Gasteiger partial charge on any atom is 0.303 e. The van der Waals surface area contributed by atoms with Crippen LogP contribution in [-0.2, 0) is 14.3 Å². The van der Waals surface area contributed by atoms with Gasteiger partial charge in [-0.3, -0.25) is 9.59 Å². The Morgan fingerprint density at radius 3 is 2.47 bits per heavy atom. The summed E-state index contributed by atoms with van der Waals surface area (Å²) in [6, 6.07) is 0. The Morgan fingerprint density at radius 2 is 1.89 bits per heavy atom. The summed E-state index contributed by atoms with van der Waals surface area (Å²) in [4.78, 5) is 22.5. The third-order valence-corrected chi connectivity index (χ3v) is 3.68. The molecule has 0 radical (unpaired) electrons. The van der Waals surface area contributed by atoms with E-state index < -0.39 is 11.4 Å². The lowest BCUT2D eigenvalue weighted by Gasteiger charge is -2.34. The number of carboxylic acid groups (broad SMARTS) is 1. The van der Waals surface area contributed by atoms with Gasteiger partial charge in [0.05, 0.1) is 5.41 Å². The number of carbonyl (C=O) groups excluding carboxylic acids is 1. The number of nitrogens with two attached hydrogens (primary N) is 1. The van der Waals surface area contributed by atoms with Crippen LogP contribution in [0.4, 0.5) is 0 Å². The molecule has 0 aliphatic carbocycles. The Labute approximate surface area is 113 Å². The Kier molecular flexibility index (Phi) is 6.80. The highest BCUT2D eigenvalue weighted by Gasteiger charge is 2.38. The third kappa shape index (κ3) is 5.16. The molecule has 0 spiro atoms. The van der Waals surface area contributed by atoms with Crippen LogP contribution in [0.2, 0.25) is 0 Å². The predicted molar refractivity (Wildman–Crippen MR) is 70.7 cm³/mol. The van der Waals surface area contributed by atoms with Crippen LogP contribution < -0.4 is 11.1 Å². The number of rotatable bonds is 8. The molecule has 1 fully saturated rings. The summed E-state index contributed by atoms with van der Waals surface area (Å²) in [5.74, 6) is -0.759. The minimum absolute atomic E-state index is 0.0107. The van der Waals surface area contributed by atoms with Crippen LogP contribution in [0.15, 0.2) is 0 Å². The normalized spacial score (nSPS) is 17.9. The Bertz CT molecular complexity index is 301. The molecule has 1 aliphatic heterocycles. The van der Waals surface area contributed by atoms with Crippen LogP contribution in [0.5, 0.6) is 0 Å². The van der Waals surface area contributed by atoms with Gasteiger partial charge in [-0.25, -0.2) is 0 Å². The topological polar surface area (TPSA) is 102 Å². The predicted octanol–water partition coefficient (Wildman–Crippen LogP) is 0.503. The second-order valence-corrected chi connectivity index (χ2v) is 5.06. The van der Waals surface area contributed by atoms with Crippen LogP contribution in [0.1, 0.15) is 38.5 Å². The molecule has 19 heavy (non-hydrogen) atoms. The first-order chi connectivity index (χ1) is 9.10. The molecule has 1 amide bonds. The van der Waals surface area contributed by atoms with E-state index in [2.05, 4.69) is 5.32 Å². The lowest BCUT2D eigenvalue weighted by molar-refractivity contribution is -0.137.